The lowest BCUT2D eigenvalue weighted by molar-refractivity contribution is 0.0730. The molecule has 2 heterocycles. The van der Waals surface area contributed by atoms with E-state index < -0.39 is 0 Å². The molecule has 1 atom stereocenters. The summed E-state index contributed by atoms with van der Waals surface area (Å²) < 4.78 is 21.8. The van der Waals surface area contributed by atoms with Crippen molar-refractivity contribution in [3.8, 4) is 23.0 Å². The number of carbonyl (C=O) groups is 1. The van der Waals surface area contributed by atoms with Crippen molar-refractivity contribution in [1.29, 1.82) is 0 Å². The lowest BCUT2D eigenvalue weighted by atomic mass is 9.94. The number of methoxy groups -OCH3 is 4. The molecule has 1 unspecified atom stereocenters. The van der Waals surface area contributed by atoms with Gasteiger partial charge in [0.2, 0.25) is 0 Å². The Morgan fingerprint density at radius 2 is 1.56 bits per heavy atom. The number of ether oxygens (including phenoxy) is 4. The van der Waals surface area contributed by atoms with Crippen molar-refractivity contribution in [2.24, 2.45) is 0 Å². The van der Waals surface area contributed by atoms with E-state index in [2.05, 4.69) is 0 Å². The Labute approximate surface area is 158 Å². The third kappa shape index (κ3) is 2.59. The fourth-order valence-corrected chi connectivity index (χ4v) is 4.21. The first kappa shape index (κ1) is 17.5. The van der Waals surface area contributed by atoms with Gasteiger partial charge in [0.25, 0.3) is 5.91 Å². The molecule has 2 aromatic carbocycles. The highest BCUT2D eigenvalue weighted by Crippen LogP contribution is 2.46. The summed E-state index contributed by atoms with van der Waals surface area (Å²) in [4.78, 5) is 15.1. The minimum Gasteiger partial charge on any atom is -0.493 e. The molecule has 0 bridgehead atoms. The van der Waals surface area contributed by atoms with Gasteiger partial charge in [0.05, 0.1) is 40.0 Å². The summed E-state index contributed by atoms with van der Waals surface area (Å²) in [6, 6.07) is 7.88. The first-order valence-electron chi connectivity index (χ1n) is 8.92. The molecule has 27 heavy (non-hydrogen) atoms. The zero-order valence-corrected chi connectivity index (χ0v) is 16.0. The molecular formula is C21H23NO5. The minimum atomic E-state index is -0.0216. The zero-order valence-electron chi connectivity index (χ0n) is 16.0. The quantitative estimate of drug-likeness (QED) is 0.829. The Morgan fingerprint density at radius 3 is 2.19 bits per heavy atom. The smallest absolute Gasteiger partial charge is 0.258 e. The normalized spacial score (nSPS) is 17.6. The molecule has 2 aliphatic heterocycles. The lowest BCUT2D eigenvalue weighted by Gasteiger charge is -2.22. The predicted molar refractivity (Wildman–Crippen MR) is 100 cm³/mol. The maximum atomic E-state index is 13.2. The number of carbonyl (C=O) groups excluding carboxylic acids is 1. The molecule has 0 spiro atoms. The second-order valence-corrected chi connectivity index (χ2v) is 6.71. The molecule has 6 nitrogen and oxygen atoms in total. The number of hydrogen-bond acceptors (Lipinski definition) is 5. The minimum absolute atomic E-state index is 0.00233. The highest BCUT2D eigenvalue weighted by molar-refractivity contribution is 6.02. The Morgan fingerprint density at radius 1 is 0.889 bits per heavy atom. The van der Waals surface area contributed by atoms with E-state index in [1.807, 2.05) is 29.2 Å². The van der Waals surface area contributed by atoms with Gasteiger partial charge in [-0.25, -0.2) is 0 Å². The molecule has 4 rings (SSSR count). The van der Waals surface area contributed by atoms with Crippen molar-refractivity contribution in [2.45, 2.75) is 18.9 Å². The Hall–Kier alpha value is -2.89. The number of hydrogen-bond donors (Lipinski definition) is 0. The summed E-state index contributed by atoms with van der Waals surface area (Å²) in [5.41, 5.74) is 3.97. The molecule has 0 saturated carbocycles. The third-order valence-corrected chi connectivity index (χ3v) is 5.53. The summed E-state index contributed by atoms with van der Waals surface area (Å²) in [5.74, 6) is 2.52. The van der Waals surface area contributed by atoms with Crippen LogP contribution in [0.1, 0.15) is 33.1 Å². The maximum absolute atomic E-state index is 13.2. The average molecular weight is 369 g/mol. The van der Waals surface area contributed by atoms with Crippen LogP contribution in [0.4, 0.5) is 0 Å². The molecule has 0 radical (unpaired) electrons. The van der Waals surface area contributed by atoms with Gasteiger partial charge in [0.1, 0.15) is 0 Å². The van der Waals surface area contributed by atoms with Crippen molar-refractivity contribution in [3.05, 3.63) is 46.5 Å². The van der Waals surface area contributed by atoms with Crippen molar-refractivity contribution >= 4 is 5.91 Å². The van der Waals surface area contributed by atoms with Gasteiger partial charge < -0.3 is 23.8 Å². The van der Waals surface area contributed by atoms with Crippen LogP contribution in [0.3, 0.4) is 0 Å². The monoisotopic (exact) mass is 369 g/mol. The van der Waals surface area contributed by atoms with Crippen LogP contribution in [0.5, 0.6) is 23.0 Å². The summed E-state index contributed by atoms with van der Waals surface area (Å²) in [6.07, 6.45) is 1.50. The molecule has 0 N–H and O–H groups in total. The molecule has 2 aliphatic rings. The molecule has 142 valence electrons. The van der Waals surface area contributed by atoms with E-state index in [4.69, 9.17) is 18.9 Å². The standard InChI is InChI=1S/C21H23NO5/c1-24-16-6-5-14-15-9-13-11-18(26-3)17(25-2)10-12(13)7-8-22(15)21(23)19(14)20(16)27-4/h5-6,10-11,15H,7-9H2,1-4H3. The summed E-state index contributed by atoms with van der Waals surface area (Å²) in [6.45, 7) is 0.645. The van der Waals surface area contributed by atoms with E-state index in [0.717, 1.165) is 24.2 Å². The summed E-state index contributed by atoms with van der Waals surface area (Å²) in [7, 11) is 6.43. The van der Waals surface area contributed by atoms with Gasteiger partial charge in [-0.1, -0.05) is 6.07 Å². The first-order valence-corrected chi connectivity index (χ1v) is 8.92. The van der Waals surface area contributed by atoms with E-state index in [-0.39, 0.29) is 11.9 Å². The van der Waals surface area contributed by atoms with Crippen LogP contribution in [0.15, 0.2) is 24.3 Å². The molecule has 0 saturated heterocycles. The number of amides is 1. The van der Waals surface area contributed by atoms with Gasteiger partial charge in [-0.2, -0.15) is 0 Å². The fourth-order valence-electron chi connectivity index (χ4n) is 4.21. The van der Waals surface area contributed by atoms with Crippen molar-refractivity contribution in [2.75, 3.05) is 35.0 Å². The summed E-state index contributed by atoms with van der Waals surface area (Å²) in [5, 5.41) is 0. The second kappa shape index (κ2) is 6.68. The number of rotatable bonds is 4. The number of nitrogens with zero attached hydrogens (tertiary/aromatic N) is 1. The second-order valence-electron chi connectivity index (χ2n) is 6.71. The third-order valence-electron chi connectivity index (χ3n) is 5.53. The van der Waals surface area contributed by atoms with E-state index in [1.165, 1.54) is 11.1 Å². The molecular weight excluding hydrogens is 346 g/mol. The highest BCUT2D eigenvalue weighted by atomic mass is 16.5. The van der Waals surface area contributed by atoms with Gasteiger partial charge in [0, 0.05) is 6.54 Å². The van der Waals surface area contributed by atoms with Crippen LogP contribution in [-0.2, 0) is 12.8 Å². The maximum Gasteiger partial charge on any atom is 0.258 e. The largest absolute Gasteiger partial charge is 0.493 e. The van der Waals surface area contributed by atoms with Crippen LogP contribution >= 0.6 is 0 Å². The van der Waals surface area contributed by atoms with Crippen LogP contribution in [0.2, 0.25) is 0 Å². The van der Waals surface area contributed by atoms with Crippen molar-refractivity contribution in [3.63, 3.8) is 0 Å². The van der Waals surface area contributed by atoms with E-state index in [9.17, 15) is 4.79 Å². The number of fused-ring (bicyclic) bond motifs is 4. The molecule has 0 aliphatic carbocycles. The van der Waals surface area contributed by atoms with Gasteiger partial charge in [-0.15, -0.1) is 0 Å². The molecule has 0 fully saturated rings. The van der Waals surface area contributed by atoms with Crippen molar-refractivity contribution < 1.29 is 23.7 Å². The molecule has 6 heteroatoms. The van der Waals surface area contributed by atoms with Gasteiger partial charge in [-0.05, 0) is 47.7 Å². The fraction of sp³-hybridized carbons (Fsp3) is 0.381. The predicted octanol–water partition coefficient (Wildman–Crippen LogP) is 3.02. The molecule has 2 aromatic rings. The van der Waals surface area contributed by atoms with Crippen LogP contribution in [-0.4, -0.2) is 45.8 Å². The van der Waals surface area contributed by atoms with Crippen LogP contribution in [0.25, 0.3) is 0 Å². The van der Waals surface area contributed by atoms with Crippen LogP contribution in [0, 0.1) is 0 Å². The molecule has 0 aromatic heterocycles. The highest BCUT2D eigenvalue weighted by Gasteiger charge is 2.41. The first-order chi connectivity index (χ1) is 13.1. The Balaban J connectivity index is 1.81. The Bertz CT molecular complexity index is 908. The Kier molecular flexibility index (Phi) is 4.34. The lowest BCUT2D eigenvalue weighted by Crippen LogP contribution is -2.29. The zero-order chi connectivity index (χ0) is 19.1. The van der Waals surface area contributed by atoms with Crippen LogP contribution < -0.4 is 18.9 Å². The van der Waals surface area contributed by atoms with Gasteiger partial charge in [-0.3, -0.25) is 4.79 Å². The number of benzene rings is 2. The average Bonchev–Trinajstić information content (AvgIpc) is 2.85. The van der Waals surface area contributed by atoms with E-state index in [1.54, 1.807) is 28.4 Å². The topological polar surface area (TPSA) is 57.2 Å². The molecule has 1 amide bonds. The van der Waals surface area contributed by atoms with Crippen molar-refractivity contribution in [1.82, 2.24) is 4.90 Å². The van der Waals surface area contributed by atoms with Gasteiger partial charge in [0.15, 0.2) is 23.0 Å². The van der Waals surface area contributed by atoms with Gasteiger partial charge >= 0.3 is 0 Å². The van der Waals surface area contributed by atoms with E-state index in [0.29, 0.717) is 29.4 Å². The van der Waals surface area contributed by atoms with E-state index >= 15 is 0 Å². The summed E-state index contributed by atoms with van der Waals surface area (Å²) >= 11 is 0. The SMILES string of the molecule is COc1cc2c(cc1OC)CC1c3ccc(OC)c(OC)c3C(=O)N1CC2.